The van der Waals surface area contributed by atoms with Crippen LogP contribution in [0, 0.1) is 0 Å². The molecule has 0 saturated carbocycles. The minimum absolute atomic E-state index is 0.259. The predicted octanol–water partition coefficient (Wildman–Crippen LogP) is 3.06. The third-order valence-corrected chi connectivity index (χ3v) is 4.72. The molecule has 0 saturated heterocycles. The first-order chi connectivity index (χ1) is 11.2. The largest absolute Gasteiger partial charge is 0.366 e. The number of hydrogen-bond acceptors (Lipinski definition) is 6. The Balaban J connectivity index is 1.97. The van der Waals surface area contributed by atoms with Crippen LogP contribution in [0.3, 0.4) is 0 Å². The number of rotatable bonds is 3. The second-order valence-corrected chi connectivity index (χ2v) is 6.20. The molecule has 0 bridgehead atoms. The molecule has 0 aliphatic heterocycles. The Kier molecular flexibility index (Phi) is 3.27. The van der Waals surface area contributed by atoms with E-state index >= 15 is 0 Å². The van der Waals surface area contributed by atoms with Crippen LogP contribution in [-0.4, -0.2) is 24.6 Å². The Labute approximate surface area is 136 Å². The highest BCUT2D eigenvalue weighted by atomic mass is 32.1. The van der Waals surface area contributed by atoms with E-state index in [1.54, 1.807) is 22.0 Å². The average molecular weight is 322 g/mol. The van der Waals surface area contributed by atoms with E-state index in [4.69, 9.17) is 5.73 Å². The molecule has 0 spiro atoms. The number of aryl methyl sites for hydroxylation is 1. The van der Waals surface area contributed by atoms with Gasteiger partial charge in [-0.3, -0.25) is 4.98 Å². The van der Waals surface area contributed by atoms with E-state index in [9.17, 15) is 0 Å². The molecule has 0 radical (unpaired) electrons. The number of hydrogen-bond donors (Lipinski definition) is 1. The minimum Gasteiger partial charge on any atom is -0.366 e. The molecule has 0 unspecified atom stereocenters. The molecule has 23 heavy (non-hydrogen) atoms. The highest BCUT2D eigenvalue weighted by Gasteiger charge is 2.13. The summed E-state index contributed by atoms with van der Waals surface area (Å²) in [5.41, 5.74) is 9.49. The lowest BCUT2D eigenvalue weighted by atomic mass is 10.1. The fourth-order valence-electron chi connectivity index (χ4n) is 2.47. The normalized spacial score (nSPS) is 11.2. The van der Waals surface area contributed by atoms with E-state index in [0.29, 0.717) is 5.65 Å². The van der Waals surface area contributed by atoms with Crippen molar-refractivity contribution in [1.29, 1.82) is 0 Å². The molecule has 114 valence electrons. The zero-order valence-corrected chi connectivity index (χ0v) is 13.3. The molecular formula is C16H14N6S. The molecule has 0 atom stereocenters. The van der Waals surface area contributed by atoms with Gasteiger partial charge < -0.3 is 5.73 Å². The minimum atomic E-state index is 0.259. The van der Waals surface area contributed by atoms with Gasteiger partial charge in [0, 0.05) is 24.2 Å². The maximum atomic E-state index is 5.79. The van der Waals surface area contributed by atoms with Crippen LogP contribution in [0.4, 0.5) is 5.95 Å². The number of thiazole rings is 1. The highest BCUT2D eigenvalue weighted by molar-refractivity contribution is 7.15. The summed E-state index contributed by atoms with van der Waals surface area (Å²) in [6, 6.07) is 7.97. The monoisotopic (exact) mass is 322 g/mol. The van der Waals surface area contributed by atoms with Crippen LogP contribution in [0.5, 0.6) is 0 Å². The Morgan fingerprint density at radius 1 is 1.22 bits per heavy atom. The van der Waals surface area contributed by atoms with Crippen molar-refractivity contribution in [2.24, 2.45) is 0 Å². The molecule has 0 aliphatic carbocycles. The van der Waals surface area contributed by atoms with Gasteiger partial charge in [0.15, 0.2) is 5.65 Å². The molecule has 4 heterocycles. The van der Waals surface area contributed by atoms with Crippen molar-refractivity contribution in [1.82, 2.24) is 24.6 Å². The first-order valence-corrected chi connectivity index (χ1v) is 8.08. The summed E-state index contributed by atoms with van der Waals surface area (Å²) in [6.07, 6.45) is 6.38. The molecule has 4 aromatic rings. The van der Waals surface area contributed by atoms with E-state index in [1.165, 1.54) is 0 Å². The lowest BCUT2D eigenvalue weighted by molar-refractivity contribution is 0.979. The number of nitrogen functional groups attached to an aromatic ring is 1. The van der Waals surface area contributed by atoms with Crippen molar-refractivity contribution in [2.45, 2.75) is 13.3 Å². The number of nitrogens with two attached hydrogens (primary N) is 1. The van der Waals surface area contributed by atoms with Crippen molar-refractivity contribution < 1.29 is 0 Å². The molecule has 0 aromatic carbocycles. The van der Waals surface area contributed by atoms with Crippen LogP contribution < -0.4 is 5.73 Å². The maximum absolute atomic E-state index is 5.79. The van der Waals surface area contributed by atoms with E-state index in [2.05, 4.69) is 33.0 Å². The third-order valence-electron chi connectivity index (χ3n) is 3.56. The first kappa shape index (κ1) is 13.8. The number of anilines is 1. The number of pyridine rings is 2. The van der Waals surface area contributed by atoms with Crippen molar-refractivity contribution in [3.63, 3.8) is 0 Å². The zero-order valence-electron chi connectivity index (χ0n) is 12.5. The van der Waals surface area contributed by atoms with E-state index in [1.807, 2.05) is 30.6 Å². The van der Waals surface area contributed by atoms with Crippen molar-refractivity contribution in [2.75, 3.05) is 5.73 Å². The van der Waals surface area contributed by atoms with Gasteiger partial charge in [-0.1, -0.05) is 13.0 Å². The van der Waals surface area contributed by atoms with Gasteiger partial charge in [-0.15, -0.1) is 16.4 Å². The molecule has 7 heteroatoms. The number of aromatic nitrogens is 5. The maximum Gasteiger partial charge on any atom is 0.240 e. The SMILES string of the molecule is CCc1ncc(-c2cc(-c3cccnc3)cc3nc(N)nn23)s1. The Morgan fingerprint density at radius 2 is 2.13 bits per heavy atom. The zero-order chi connectivity index (χ0) is 15.8. The summed E-state index contributed by atoms with van der Waals surface area (Å²) >= 11 is 1.66. The van der Waals surface area contributed by atoms with E-state index < -0.39 is 0 Å². The quantitative estimate of drug-likeness (QED) is 0.627. The lowest BCUT2D eigenvalue weighted by Gasteiger charge is -2.06. The Hall–Kier alpha value is -2.80. The molecule has 0 aliphatic rings. The number of nitrogens with zero attached hydrogens (tertiary/aromatic N) is 5. The first-order valence-electron chi connectivity index (χ1n) is 7.26. The molecule has 6 nitrogen and oxygen atoms in total. The summed E-state index contributed by atoms with van der Waals surface area (Å²) < 4.78 is 1.77. The van der Waals surface area contributed by atoms with E-state index in [-0.39, 0.29) is 5.95 Å². The summed E-state index contributed by atoms with van der Waals surface area (Å²) in [6.45, 7) is 2.09. The molecule has 4 rings (SSSR count). The van der Waals surface area contributed by atoms with Gasteiger partial charge in [0.1, 0.15) is 0 Å². The van der Waals surface area contributed by atoms with Crippen LogP contribution in [0.15, 0.2) is 42.9 Å². The molecule has 4 aromatic heterocycles. The van der Waals surface area contributed by atoms with Crippen molar-refractivity contribution >= 4 is 22.9 Å². The van der Waals surface area contributed by atoms with Gasteiger partial charge in [-0.05, 0) is 30.2 Å². The van der Waals surface area contributed by atoms with Crippen LogP contribution >= 0.6 is 11.3 Å². The highest BCUT2D eigenvalue weighted by Crippen LogP contribution is 2.31. The summed E-state index contributed by atoms with van der Waals surface area (Å²) in [7, 11) is 0. The van der Waals surface area contributed by atoms with Gasteiger partial charge in [0.2, 0.25) is 5.95 Å². The van der Waals surface area contributed by atoms with E-state index in [0.717, 1.165) is 33.1 Å². The van der Waals surface area contributed by atoms with Gasteiger partial charge in [0.05, 0.1) is 15.6 Å². The predicted molar refractivity (Wildman–Crippen MR) is 91.1 cm³/mol. The van der Waals surface area contributed by atoms with Crippen molar-refractivity contribution in [3.8, 4) is 21.7 Å². The topological polar surface area (TPSA) is 82.0 Å². The summed E-state index contributed by atoms with van der Waals surface area (Å²) in [5.74, 6) is 0.259. The van der Waals surface area contributed by atoms with Gasteiger partial charge in [0.25, 0.3) is 0 Å². The standard InChI is InChI=1S/C16H14N6S/c1-2-15-19-9-13(23-15)12-6-11(10-4-3-5-18-8-10)7-14-20-16(17)21-22(12)14/h3-9H,2H2,1H3,(H2,17,21). The third kappa shape index (κ3) is 2.44. The average Bonchev–Trinajstić information content (AvgIpc) is 3.20. The van der Waals surface area contributed by atoms with Crippen molar-refractivity contribution in [3.05, 3.63) is 47.9 Å². The number of fused-ring (bicyclic) bond motifs is 1. The van der Waals surface area contributed by atoms with Gasteiger partial charge in [-0.2, -0.15) is 4.98 Å². The Bertz CT molecular complexity index is 973. The molecule has 0 fully saturated rings. The second-order valence-electron chi connectivity index (χ2n) is 5.08. The van der Waals surface area contributed by atoms with Gasteiger partial charge >= 0.3 is 0 Å². The van der Waals surface area contributed by atoms with Crippen LogP contribution in [0.25, 0.3) is 27.3 Å². The molecular weight excluding hydrogens is 308 g/mol. The van der Waals surface area contributed by atoms with Crippen LogP contribution in [-0.2, 0) is 6.42 Å². The van der Waals surface area contributed by atoms with Gasteiger partial charge in [-0.25, -0.2) is 9.50 Å². The molecule has 2 N–H and O–H groups in total. The Morgan fingerprint density at radius 3 is 2.87 bits per heavy atom. The van der Waals surface area contributed by atoms with Crippen LogP contribution in [0.1, 0.15) is 11.9 Å². The smallest absolute Gasteiger partial charge is 0.240 e. The fraction of sp³-hybridized carbons (Fsp3) is 0.125. The summed E-state index contributed by atoms with van der Waals surface area (Å²) in [4.78, 5) is 14.0. The second kappa shape index (κ2) is 5.44. The van der Waals surface area contributed by atoms with Crippen LogP contribution in [0.2, 0.25) is 0 Å². The fourth-order valence-corrected chi connectivity index (χ4v) is 3.33. The summed E-state index contributed by atoms with van der Waals surface area (Å²) in [5, 5.41) is 5.40. The molecule has 0 amide bonds. The lowest BCUT2D eigenvalue weighted by Crippen LogP contribution is -1.95.